The molecular formula is C30H60N2O4. The number of unbranched alkanes of at least 4 members (excludes halogenated alkanes) is 14. The molecule has 0 saturated carbocycles. The number of rotatable bonds is 25. The molecule has 2 N–H and O–H groups in total. The Balaban J connectivity index is 2.22. The fourth-order valence-electron chi connectivity index (χ4n) is 5.16. The van der Waals surface area contributed by atoms with Gasteiger partial charge in [0.25, 0.3) is 0 Å². The summed E-state index contributed by atoms with van der Waals surface area (Å²) in [5, 5.41) is 17.7. The lowest BCUT2D eigenvalue weighted by atomic mass is 9.94. The van der Waals surface area contributed by atoms with Crippen molar-refractivity contribution in [2.24, 2.45) is 5.92 Å². The zero-order chi connectivity index (χ0) is 26.1. The van der Waals surface area contributed by atoms with Gasteiger partial charge in [0.05, 0.1) is 12.5 Å². The predicted octanol–water partition coefficient (Wildman–Crippen LogP) is 5.79. The Morgan fingerprint density at radius 2 is 1.06 bits per heavy atom. The van der Waals surface area contributed by atoms with E-state index in [0.717, 1.165) is 90.5 Å². The molecule has 1 saturated heterocycles. The standard InChI is InChI=1S/C30H60N2O4/c1-31-22-24-32(25-23-31)21-18-28-36-30(35)29(19-14-10-6-2-4-8-12-16-26-33)20-15-11-7-3-5-9-13-17-27-34/h29,33-34H,2-28H2,1H3. The van der Waals surface area contributed by atoms with Crippen LogP contribution in [-0.2, 0) is 9.53 Å². The average molecular weight is 513 g/mol. The Hall–Kier alpha value is -0.690. The maximum Gasteiger partial charge on any atom is 0.308 e. The normalized spacial score (nSPS) is 15.1. The third-order valence-corrected chi connectivity index (χ3v) is 7.71. The molecule has 214 valence electrons. The van der Waals surface area contributed by atoms with Crippen molar-refractivity contribution in [1.29, 1.82) is 0 Å². The van der Waals surface area contributed by atoms with Gasteiger partial charge in [-0.2, -0.15) is 0 Å². The van der Waals surface area contributed by atoms with E-state index in [4.69, 9.17) is 14.9 Å². The fourth-order valence-corrected chi connectivity index (χ4v) is 5.16. The van der Waals surface area contributed by atoms with Crippen LogP contribution in [0.2, 0.25) is 0 Å². The van der Waals surface area contributed by atoms with Gasteiger partial charge >= 0.3 is 5.97 Å². The van der Waals surface area contributed by atoms with Crippen LogP contribution >= 0.6 is 0 Å². The van der Waals surface area contributed by atoms with Crippen molar-refractivity contribution in [3.63, 3.8) is 0 Å². The number of hydrogen-bond acceptors (Lipinski definition) is 6. The largest absolute Gasteiger partial charge is 0.465 e. The smallest absolute Gasteiger partial charge is 0.308 e. The average Bonchev–Trinajstić information content (AvgIpc) is 2.88. The Labute approximate surface area is 223 Å². The minimum absolute atomic E-state index is 0.0429. The highest BCUT2D eigenvalue weighted by Gasteiger charge is 2.20. The number of nitrogens with zero attached hydrogens (tertiary/aromatic N) is 2. The number of likely N-dealkylation sites (N-methyl/N-ethyl adjacent to an activating group) is 1. The molecule has 0 aromatic carbocycles. The number of hydrogen-bond donors (Lipinski definition) is 2. The summed E-state index contributed by atoms with van der Waals surface area (Å²) in [7, 11) is 2.18. The van der Waals surface area contributed by atoms with Crippen molar-refractivity contribution in [2.75, 3.05) is 59.6 Å². The first-order valence-corrected chi connectivity index (χ1v) is 15.5. The van der Waals surface area contributed by atoms with Crippen LogP contribution in [0.1, 0.15) is 122 Å². The number of aliphatic hydroxyl groups is 2. The van der Waals surface area contributed by atoms with Crippen molar-refractivity contribution in [1.82, 2.24) is 9.80 Å². The highest BCUT2D eigenvalue weighted by Crippen LogP contribution is 2.21. The zero-order valence-corrected chi connectivity index (χ0v) is 23.8. The first-order valence-electron chi connectivity index (χ1n) is 15.5. The molecule has 0 aromatic heterocycles. The second-order valence-corrected chi connectivity index (χ2v) is 11.0. The molecule has 1 fully saturated rings. The maximum atomic E-state index is 12.9. The zero-order valence-electron chi connectivity index (χ0n) is 23.8. The number of aliphatic hydroxyl groups excluding tert-OH is 2. The summed E-state index contributed by atoms with van der Waals surface area (Å²) < 4.78 is 5.77. The molecule has 1 aliphatic heterocycles. The van der Waals surface area contributed by atoms with Gasteiger partial charge in [-0.3, -0.25) is 4.79 Å². The minimum atomic E-state index is 0.0429. The molecule has 6 heteroatoms. The van der Waals surface area contributed by atoms with Crippen molar-refractivity contribution in [2.45, 2.75) is 122 Å². The van der Waals surface area contributed by atoms with Crippen LogP contribution < -0.4 is 0 Å². The molecule has 6 nitrogen and oxygen atoms in total. The highest BCUT2D eigenvalue weighted by molar-refractivity contribution is 5.72. The number of esters is 1. The lowest BCUT2D eigenvalue weighted by Crippen LogP contribution is -2.44. The fraction of sp³-hybridized carbons (Fsp3) is 0.967. The van der Waals surface area contributed by atoms with Crippen LogP contribution in [0.25, 0.3) is 0 Å². The van der Waals surface area contributed by atoms with Gasteiger partial charge in [-0.15, -0.1) is 0 Å². The molecule has 1 aliphatic rings. The lowest BCUT2D eigenvalue weighted by molar-refractivity contribution is -0.149. The third kappa shape index (κ3) is 19.4. The van der Waals surface area contributed by atoms with Gasteiger partial charge in [-0.25, -0.2) is 0 Å². The van der Waals surface area contributed by atoms with E-state index in [1.807, 2.05) is 0 Å². The van der Waals surface area contributed by atoms with Crippen LogP contribution in [-0.4, -0.2) is 85.6 Å². The molecule has 0 radical (unpaired) electrons. The molecule has 0 spiro atoms. The quantitative estimate of drug-likeness (QED) is 0.119. The molecule has 0 atom stereocenters. The molecule has 36 heavy (non-hydrogen) atoms. The number of carbonyl (C=O) groups is 1. The summed E-state index contributed by atoms with van der Waals surface area (Å²) >= 11 is 0. The van der Waals surface area contributed by atoms with E-state index < -0.39 is 0 Å². The van der Waals surface area contributed by atoms with Crippen molar-refractivity contribution >= 4 is 5.97 Å². The van der Waals surface area contributed by atoms with Gasteiger partial charge < -0.3 is 24.7 Å². The molecule has 0 aromatic rings. The predicted molar refractivity (Wildman–Crippen MR) is 150 cm³/mol. The summed E-state index contributed by atoms with van der Waals surface area (Å²) in [4.78, 5) is 17.7. The summed E-state index contributed by atoms with van der Waals surface area (Å²) in [5.41, 5.74) is 0. The van der Waals surface area contributed by atoms with E-state index in [-0.39, 0.29) is 11.9 Å². The summed E-state index contributed by atoms with van der Waals surface area (Å²) in [6, 6.07) is 0. The number of carbonyl (C=O) groups excluding carboxylic acids is 1. The van der Waals surface area contributed by atoms with Crippen LogP contribution in [0.15, 0.2) is 0 Å². The minimum Gasteiger partial charge on any atom is -0.465 e. The molecule has 0 aliphatic carbocycles. The van der Waals surface area contributed by atoms with E-state index in [1.54, 1.807) is 0 Å². The van der Waals surface area contributed by atoms with E-state index in [0.29, 0.717) is 19.8 Å². The maximum absolute atomic E-state index is 12.9. The van der Waals surface area contributed by atoms with Crippen LogP contribution in [0.4, 0.5) is 0 Å². The van der Waals surface area contributed by atoms with Gasteiger partial charge in [0.1, 0.15) is 0 Å². The molecular weight excluding hydrogens is 452 g/mol. The second kappa shape index (κ2) is 24.6. The lowest BCUT2D eigenvalue weighted by Gasteiger charge is -2.32. The molecule has 1 heterocycles. The number of ether oxygens (including phenoxy) is 1. The van der Waals surface area contributed by atoms with Crippen LogP contribution in [0.5, 0.6) is 0 Å². The monoisotopic (exact) mass is 512 g/mol. The SMILES string of the molecule is CN1CCN(CCCOC(=O)C(CCCCCCCCCCO)CCCCCCCCCCO)CC1. The number of piperazine rings is 1. The molecule has 0 unspecified atom stereocenters. The first-order chi connectivity index (χ1) is 17.7. The van der Waals surface area contributed by atoms with Gasteiger partial charge in [0, 0.05) is 45.9 Å². The molecule has 0 bridgehead atoms. The third-order valence-electron chi connectivity index (χ3n) is 7.71. The van der Waals surface area contributed by atoms with E-state index in [2.05, 4.69) is 16.8 Å². The van der Waals surface area contributed by atoms with Crippen molar-refractivity contribution in [3.8, 4) is 0 Å². The van der Waals surface area contributed by atoms with Gasteiger partial charge in [-0.1, -0.05) is 89.9 Å². The molecule has 0 amide bonds. The summed E-state index contributed by atoms with van der Waals surface area (Å²) in [5.74, 6) is 0.115. The Morgan fingerprint density at radius 3 is 1.50 bits per heavy atom. The van der Waals surface area contributed by atoms with Crippen LogP contribution in [0.3, 0.4) is 0 Å². The van der Waals surface area contributed by atoms with Crippen LogP contribution in [0, 0.1) is 5.92 Å². The highest BCUT2D eigenvalue weighted by atomic mass is 16.5. The van der Waals surface area contributed by atoms with Crippen molar-refractivity contribution in [3.05, 3.63) is 0 Å². The topological polar surface area (TPSA) is 73.2 Å². The van der Waals surface area contributed by atoms with E-state index in [9.17, 15) is 4.79 Å². The van der Waals surface area contributed by atoms with Gasteiger partial charge in [0.15, 0.2) is 0 Å². The summed E-state index contributed by atoms with van der Waals surface area (Å²) in [6.07, 6.45) is 21.7. The summed E-state index contributed by atoms with van der Waals surface area (Å²) in [6.45, 7) is 6.73. The van der Waals surface area contributed by atoms with Crippen molar-refractivity contribution < 1.29 is 19.7 Å². The van der Waals surface area contributed by atoms with E-state index in [1.165, 1.54) is 64.2 Å². The Morgan fingerprint density at radius 1 is 0.639 bits per heavy atom. The Kier molecular flexibility index (Phi) is 22.8. The Bertz CT molecular complexity index is 462. The second-order valence-electron chi connectivity index (χ2n) is 11.0. The van der Waals surface area contributed by atoms with Gasteiger partial charge in [-0.05, 0) is 39.2 Å². The van der Waals surface area contributed by atoms with E-state index >= 15 is 0 Å². The first kappa shape index (κ1) is 33.3. The molecule has 1 rings (SSSR count). The van der Waals surface area contributed by atoms with Gasteiger partial charge in [0.2, 0.25) is 0 Å².